The lowest BCUT2D eigenvalue weighted by Gasteiger charge is -2.04. The van der Waals surface area contributed by atoms with Crippen molar-refractivity contribution in [3.05, 3.63) is 48.1 Å². The number of hydrogen-bond acceptors (Lipinski definition) is 4. The standard InChI is InChI=1S/C14H15N3O3/c1-17-10-11(8-16-17)6-7-20-13-4-2-12(15-9-13)3-5-14(18)19/h2-5,8-10H,6-7H2,1H3,(H,18,19)/b5-3+. The molecular weight excluding hydrogens is 258 g/mol. The van der Waals surface area contributed by atoms with Crippen molar-refractivity contribution in [1.82, 2.24) is 14.8 Å². The SMILES string of the molecule is Cn1cc(CCOc2ccc(/C=C/C(=O)O)nc2)cn1. The summed E-state index contributed by atoms with van der Waals surface area (Å²) in [6, 6.07) is 3.47. The average molecular weight is 273 g/mol. The van der Waals surface area contributed by atoms with Gasteiger partial charge in [-0.3, -0.25) is 9.67 Å². The number of carboxylic acid groups (broad SMARTS) is 1. The van der Waals surface area contributed by atoms with Crippen molar-refractivity contribution in [2.24, 2.45) is 7.05 Å². The summed E-state index contributed by atoms with van der Waals surface area (Å²) in [5.41, 5.74) is 1.69. The van der Waals surface area contributed by atoms with E-state index in [1.54, 1.807) is 29.2 Å². The Labute approximate surface area is 116 Å². The van der Waals surface area contributed by atoms with Gasteiger partial charge in [0.2, 0.25) is 0 Å². The van der Waals surface area contributed by atoms with E-state index >= 15 is 0 Å². The molecule has 2 aromatic rings. The summed E-state index contributed by atoms with van der Waals surface area (Å²) in [5.74, 6) is -0.343. The lowest BCUT2D eigenvalue weighted by molar-refractivity contribution is -0.131. The maximum Gasteiger partial charge on any atom is 0.328 e. The van der Waals surface area contributed by atoms with Crippen LogP contribution in [0.2, 0.25) is 0 Å². The minimum Gasteiger partial charge on any atom is -0.492 e. The number of pyridine rings is 1. The molecule has 0 bridgehead atoms. The zero-order chi connectivity index (χ0) is 14.4. The van der Waals surface area contributed by atoms with Crippen molar-refractivity contribution in [2.75, 3.05) is 6.61 Å². The smallest absolute Gasteiger partial charge is 0.328 e. The number of rotatable bonds is 6. The second kappa shape index (κ2) is 6.51. The lowest BCUT2D eigenvalue weighted by atomic mass is 10.3. The molecular formula is C14H15N3O3. The van der Waals surface area contributed by atoms with Gasteiger partial charge in [0.15, 0.2) is 0 Å². The minimum absolute atomic E-state index is 0.539. The van der Waals surface area contributed by atoms with E-state index in [1.165, 1.54) is 6.08 Å². The van der Waals surface area contributed by atoms with E-state index in [1.807, 2.05) is 13.2 Å². The van der Waals surface area contributed by atoms with E-state index in [-0.39, 0.29) is 0 Å². The molecule has 2 aromatic heterocycles. The van der Waals surface area contributed by atoms with Crippen molar-refractivity contribution in [1.29, 1.82) is 0 Å². The Morgan fingerprint density at radius 1 is 1.45 bits per heavy atom. The zero-order valence-electron chi connectivity index (χ0n) is 11.1. The van der Waals surface area contributed by atoms with E-state index in [4.69, 9.17) is 9.84 Å². The molecule has 1 N–H and O–H groups in total. The van der Waals surface area contributed by atoms with Gasteiger partial charge in [0.05, 0.1) is 24.7 Å². The van der Waals surface area contributed by atoms with E-state index in [0.29, 0.717) is 18.1 Å². The van der Waals surface area contributed by atoms with Crippen LogP contribution in [0.15, 0.2) is 36.8 Å². The van der Waals surface area contributed by atoms with Gasteiger partial charge in [0.25, 0.3) is 0 Å². The van der Waals surface area contributed by atoms with Crippen LogP contribution >= 0.6 is 0 Å². The number of ether oxygens (including phenoxy) is 1. The third kappa shape index (κ3) is 4.24. The molecule has 104 valence electrons. The number of nitrogens with zero attached hydrogens (tertiary/aromatic N) is 3. The van der Waals surface area contributed by atoms with Gasteiger partial charge in [-0.1, -0.05) is 0 Å². The highest BCUT2D eigenvalue weighted by Gasteiger charge is 1.99. The molecule has 2 heterocycles. The highest BCUT2D eigenvalue weighted by Crippen LogP contribution is 2.10. The van der Waals surface area contributed by atoms with Crippen molar-refractivity contribution < 1.29 is 14.6 Å². The van der Waals surface area contributed by atoms with Crippen molar-refractivity contribution in [3.8, 4) is 5.75 Å². The number of aromatic nitrogens is 3. The molecule has 0 amide bonds. The Morgan fingerprint density at radius 2 is 2.30 bits per heavy atom. The zero-order valence-corrected chi connectivity index (χ0v) is 11.1. The molecule has 0 saturated carbocycles. The molecule has 0 aliphatic carbocycles. The number of carbonyl (C=O) groups is 1. The first kappa shape index (κ1) is 13.8. The topological polar surface area (TPSA) is 77.2 Å². The first-order valence-electron chi connectivity index (χ1n) is 6.11. The summed E-state index contributed by atoms with van der Waals surface area (Å²) in [6.07, 6.45) is 8.58. The molecule has 2 rings (SSSR count). The summed E-state index contributed by atoms with van der Waals surface area (Å²) in [7, 11) is 1.87. The van der Waals surface area contributed by atoms with E-state index in [9.17, 15) is 4.79 Å². The van der Waals surface area contributed by atoms with Crippen LogP contribution in [0.25, 0.3) is 6.08 Å². The maximum absolute atomic E-state index is 10.4. The van der Waals surface area contributed by atoms with Crippen LogP contribution in [0.3, 0.4) is 0 Å². The molecule has 0 aromatic carbocycles. The van der Waals surface area contributed by atoms with Gasteiger partial charge in [-0.2, -0.15) is 5.10 Å². The normalized spacial score (nSPS) is 10.8. The van der Waals surface area contributed by atoms with Gasteiger partial charge in [-0.05, 0) is 23.8 Å². The summed E-state index contributed by atoms with van der Waals surface area (Å²) in [4.78, 5) is 14.5. The van der Waals surface area contributed by atoms with Crippen LogP contribution in [0.5, 0.6) is 5.75 Å². The molecule has 0 atom stereocenters. The number of carboxylic acids is 1. The van der Waals surface area contributed by atoms with Crippen LogP contribution in [-0.4, -0.2) is 32.4 Å². The number of aliphatic carboxylic acids is 1. The first-order chi connectivity index (χ1) is 9.63. The van der Waals surface area contributed by atoms with E-state index in [2.05, 4.69) is 10.1 Å². The molecule has 0 radical (unpaired) electrons. The second-order valence-corrected chi connectivity index (χ2v) is 4.21. The van der Waals surface area contributed by atoms with Gasteiger partial charge in [0, 0.05) is 25.7 Å². The summed E-state index contributed by atoms with van der Waals surface area (Å²) in [5, 5.41) is 12.6. The third-order valence-electron chi connectivity index (χ3n) is 2.57. The maximum atomic E-state index is 10.4. The fourth-order valence-electron chi connectivity index (χ4n) is 1.62. The van der Waals surface area contributed by atoms with Crippen LogP contribution in [0, 0.1) is 0 Å². The first-order valence-corrected chi connectivity index (χ1v) is 6.11. The summed E-state index contributed by atoms with van der Waals surface area (Å²) in [6.45, 7) is 0.539. The molecule has 0 aliphatic rings. The van der Waals surface area contributed by atoms with Crippen LogP contribution in [-0.2, 0) is 18.3 Å². The fraction of sp³-hybridized carbons (Fsp3) is 0.214. The molecule has 0 spiro atoms. The van der Waals surface area contributed by atoms with Crippen molar-refractivity contribution >= 4 is 12.0 Å². The molecule has 0 fully saturated rings. The quantitative estimate of drug-likeness (QED) is 0.808. The van der Waals surface area contributed by atoms with E-state index < -0.39 is 5.97 Å². The molecule has 20 heavy (non-hydrogen) atoms. The molecule has 6 nitrogen and oxygen atoms in total. The average Bonchev–Trinajstić information content (AvgIpc) is 2.83. The Morgan fingerprint density at radius 3 is 2.90 bits per heavy atom. The summed E-state index contributed by atoms with van der Waals surface area (Å²) < 4.78 is 7.31. The van der Waals surface area contributed by atoms with Crippen LogP contribution < -0.4 is 4.74 Å². The lowest BCUT2D eigenvalue weighted by Crippen LogP contribution is -2.01. The van der Waals surface area contributed by atoms with Gasteiger partial charge in [-0.25, -0.2) is 4.79 Å². The Balaban J connectivity index is 1.83. The molecule has 6 heteroatoms. The van der Waals surface area contributed by atoms with E-state index in [0.717, 1.165) is 18.1 Å². The highest BCUT2D eigenvalue weighted by atomic mass is 16.5. The van der Waals surface area contributed by atoms with Crippen molar-refractivity contribution in [3.63, 3.8) is 0 Å². The Kier molecular flexibility index (Phi) is 4.49. The van der Waals surface area contributed by atoms with Gasteiger partial charge in [0.1, 0.15) is 5.75 Å². The predicted molar refractivity (Wildman–Crippen MR) is 73.3 cm³/mol. The Bertz CT molecular complexity index is 602. The Hall–Kier alpha value is -2.63. The molecule has 0 saturated heterocycles. The minimum atomic E-state index is -0.997. The molecule has 0 unspecified atom stereocenters. The predicted octanol–water partition coefficient (Wildman–Crippen LogP) is 1.53. The van der Waals surface area contributed by atoms with Gasteiger partial charge in [-0.15, -0.1) is 0 Å². The van der Waals surface area contributed by atoms with Crippen LogP contribution in [0.1, 0.15) is 11.3 Å². The monoisotopic (exact) mass is 273 g/mol. The number of aryl methyl sites for hydroxylation is 1. The summed E-state index contributed by atoms with van der Waals surface area (Å²) >= 11 is 0. The molecule has 0 aliphatic heterocycles. The van der Waals surface area contributed by atoms with Crippen LogP contribution in [0.4, 0.5) is 0 Å². The second-order valence-electron chi connectivity index (χ2n) is 4.21. The third-order valence-corrected chi connectivity index (χ3v) is 2.57. The highest BCUT2D eigenvalue weighted by molar-refractivity contribution is 5.84. The number of hydrogen-bond donors (Lipinski definition) is 1. The van der Waals surface area contributed by atoms with Crippen molar-refractivity contribution in [2.45, 2.75) is 6.42 Å². The largest absolute Gasteiger partial charge is 0.492 e. The van der Waals surface area contributed by atoms with Gasteiger partial charge >= 0.3 is 5.97 Å². The van der Waals surface area contributed by atoms with Gasteiger partial charge < -0.3 is 9.84 Å². The fourth-order valence-corrected chi connectivity index (χ4v) is 1.62.